The summed E-state index contributed by atoms with van der Waals surface area (Å²) in [6, 6.07) is 5.04. The zero-order chi connectivity index (χ0) is 12.6. The van der Waals surface area contributed by atoms with E-state index in [1.807, 2.05) is 12.1 Å². The summed E-state index contributed by atoms with van der Waals surface area (Å²) < 4.78 is 0. The van der Waals surface area contributed by atoms with Gasteiger partial charge in [0.2, 0.25) is 5.91 Å². The monoisotopic (exact) mass is 234 g/mol. The normalized spacial score (nSPS) is 13.6. The second-order valence-corrected chi connectivity index (χ2v) is 3.95. The Morgan fingerprint density at radius 2 is 2.24 bits per heavy atom. The van der Waals surface area contributed by atoms with Gasteiger partial charge in [0, 0.05) is 25.5 Å². The van der Waals surface area contributed by atoms with Gasteiger partial charge < -0.3 is 4.90 Å². The summed E-state index contributed by atoms with van der Waals surface area (Å²) in [5.74, 6) is 5.12. The molecular formula is C11H14N4O2. The molecule has 0 aromatic heterocycles. The summed E-state index contributed by atoms with van der Waals surface area (Å²) >= 11 is 0. The molecular weight excluding hydrogens is 220 g/mol. The fourth-order valence-electron chi connectivity index (χ4n) is 1.88. The summed E-state index contributed by atoms with van der Waals surface area (Å²) in [6.45, 7) is 0. The molecule has 3 amide bonds. The van der Waals surface area contributed by atoms with E-state index in [9.17, 15) is 9.59 Å². The Morgan fingerprint density at radius 1 is 1.53 bits per heavy atom. The van der Waals surface area contributed by atoms with Crippen LogP contribution in [0.2, 0.25) is 0 Å². The number of hydrazine groups is 1. The van der Waals surface area contributed by atoms with Gasteiger partial charge in [-0.25, -0.2) is 10.6 Å². The van der Waals surface area contributed by atoms with Gasteiger partial charge in [-0.2, -0.15) is 0 Å². The van der Waals surface area contributed by atoms with Crippen molar-refractivity contribution in [2.24, 2.45) is 5.84 Å². The highest BCUT2D eigenvalue weighted by atomic mass is 16.2. The molecule has 1 aliphatic rings. The number of nitrogens with one attached hydrogen (secondary N) is 1. The highest BCUT2D eigenvalue weighted by Crippen LogP contribution is 2.30. The lowest BCUT2D eigenvalue weighted by molar-refractivity contribution is -0.117. The Hall–Kier alpha value is -2.08. The topological polar surface area (TPSA) is 78.7 Å². The van der Waals surface area contributed by atoms with Crippen LogP contribution in [-0.2, 0) is 11.2 Å². The Labute approximate surface area is 99.0 Å². The lowest BCUT2D eigenvalue weighted by Crippen LogP contribution is -2.41. The average Bonchev–Trinajstić information content (AvgIpc) is 2.62. The number of amides is 3. The number of carbonyl (C=O) groups excluding carboxylic acids is 2. The quantitative estimate of drug-likeness (QED) is 0.414. The molecule has 0 saturated heterocycles. The highest BCUT2D eigenvalue weighted by molar-refractivity contribution is 6.02. The number of rotatable bonds is 1. The molecule has 0 bridgehead atoms. The number of hydrogen-bond acceptors (Lipinski definition) is 3. The van der Waals surface area contributed by atoms with Crippen LogP contribution in [0.5, 0.6) is 0 Å². The van der Waals surface area contributed by atoms with Gasteiger partial charge in [-0.05, 0) is 23.8 Å². The molecule has 2 rings (SSSR count). The van der Waals surface area contributed by atoms with Crippen LogP contribution in [-0.4, -0.2) is 26.0 Å². The van der Waals surface area contributed by atoms with Crippen LogP contribution >= 0.6 is 0 Å². The van der Waals surface area contributed by atoms with Crippen molar-refractivity contribution < 1.29 is 9.59 Å². The van der Waals surface area contributed by atoms with Crippen molar-refractivity contribution in [1.82, 2.24) is 5.43 Å². The van der Waals surface area contributed by atoms with Crippen molar-refractivity contribution in [2.45, 2.75) is 6.42 Å². The van der Waals surface area contributed by atoms with Gasteiger partial charge >= 0.3 is 6.03 Å². The number of benzene rings is 1. The number of hydrogen-bond donors (Lipinski definition) is 2. The maximum absolute atomic E-state index is 11.5. The summed E-state index contributed by atoms with van der Waals surface area (Å²) in [5, 5.41) is 0. The minimum Gasteiger partial charge on any atom is -0.315 e. The van der Waals surface area contributed by atoms with Crippen LogP contribution in [0.4, 0.5) is 16.2 Å². The molecule has 6 heteroatoms. The average molecular weight is 234 g/mol. The summed E-state index contributed by atoms with van der Waals surface area (Å²) in [7, 11) is 3.36. The SMILES string of the molecule is CN(C(=O)NN)c1ccc2c(c1)CC(=O)N2C. The predicted molar refractivity (Wildman–Crippen MR) is 64.7 cm³/mol. The van der Waals surface area contributed by atoms with Crippen LogP contribution in [0.25, 0.3) is 0 Å². The standard InChI is InChI=1S/C11H14N4O2/c1-14(11(17)13-12)8-3-4-9-7(5-8)6-10(16)15(9)2/h3-5H,6,12H2,1-2H3,(H,13,17). The first-order chi connectivity index (χ1) is 8.04. The van der Waals surface area contributed by atoms with Crippen molar-refractivity contribution in [3.63, 3.8) is 0 Å². The van der Waals surface area contributed by atoms with Gasteiger partial charge in [0.15, 0.2) is 0 Å². The molecule has 0 fully saturated rings. The third kappa shape index (κ3) is 1.83. The molecule has 1 aromatic carbocycles. The fraction of sp³-hybridized carbons (Fsp3) is 0.273. The number of carbonyl (C=O) groups is 2. The molecule has 17 heavy (non-hydrogen) atoms. The molecule has 0 atom stereocenters. The van der Waals surface area contributed by atoms with Crippen LogP contribution in [0.3, 0.4) is 0 Å². The molecule has 6 nitrogen and oxygen atoms in total. The zero-order valence-corrected chi connectivity index (χ0v) is 9.73. The second kappa shape index (κ2) is 4.06. The number of anilines is 2. The molecule has 1 heterocycles. The third-order valence-corrected chi connectivity index (χ3v) is 2.96. The lowest BCUT2D eigenvalue weighted by atomic mass is 10.1. The number of nitrogens with zero attached hydrogens (tertiary/aromatic N) is 2. The van der Waals surface area contributed by atoms with Crippen molar-refractivity contribution in [3.8, 4) is 0 Å². The van der Waals surface area contributed by atoms with Gasteiger partial charge in [-0.3, -0.25) is 15.1 Å². The fourth-order valence-corrected chi connectivity index (χ4v) is 1.88. The number of fused-ring (bicyclic) bond motifs is 1. The Bertz CT molecular complexity index is 486. The molecule has 0 aliphatic carbocycles. The van der Waals surface area contributed by atoms with Crippen LogP contribution in [0.1, 0.15) is 5.56 Å². The Kier molecular flexibility index (Phi) is 2.72. The van der Waals surface area contributed by atoms with Gasteiger partial charge in [0.25, 0.3) is 0 Å². The van der Waals surface area contributed by atoms with E-state index in [2.05, 4.69) is 5.43 Å². The van der Waals surface area contributed by atoms with Gasteiger partial charge in [-0.1, -0.05) is 0 Å². The molecule has 0 unspecified atom stereocenters. The zero-order valence-electron chi connectivity index (χ0n) is 9.73. The van der Waals surface area contributed by atoms with E-state index in [0.717, 1.165) is 11.3 Å². The predicted octanol–water partition coefficient (Wildman–Crippen LogP) is 0.225. The highest BCUT2D eigenvalue weighted by Gasteiger charge is 2.24. The largest absolute Gasteiger partial charge is 0.335 e. The minimum atomic E-state index is -0.400. The molecule has 0 radical (unpaired) electrons. The number of nitrogens with two attached hydrogens (primary N) is 1. The van der Waals surface area contributed by atoms with E-state index in [1.54, 1.807) is 25.1 Å². The number of urea groups is 1. The van der Waals surface area contributed by atoms with E-state index in [-0.39, 0.29) is 5.91 Å². The minimum absolute atomic E-state index is 0.0584. The maximum Gasteiger partial charge on any atom is 0.335 e. The third-order valence-electron chi connectivity index (χ3n) is 2.96. The van der Waals surface area contributed by atoms with Crippen molar-refractivity contribution in [3.05, 3.63) is 23.8 Å². The van der Waals surface area contributed by atoms with E-state index in [1.165, 1.54) is 4.90 Å². The van der Waals surface area contributed by atoms with E-state index in [0.29, 0.717) is 12.1 Å². The van der Waals surface area contributed by atoms with Crippen LogP contribution in [0, 0.1) is 0 Å². The molecule has 90 valence electrons. The van der Waals surface area contributed by atoms with Gasteiger partial charge in [0.05, 0.1) is 6.42 Å². The van der Waals surface area contributed by atoms with E-state index >= 15 is 0 Å². The summed E-state index contributed by atoms with van der Waals surface area (Å²) in [4.78, 5) is 25.9. The number of likely N-dealkylation sites (N-methyl/N-ethyl adjacent to an activating group) is 1. The van der Waals surface area contributed by atoms with Crippen molar-refractivity contribution in [2.75, 3.05) is 23.9 Å². The first kappa shape index (κ1) is 11.4. The molecule has 0 saturated carbocycles. The molecule has 0 spiro atoms. The Morgan fingerprint density at radius 3 is 2.88 bits per heavy atom. The van der Waals surface area contributed by atoms with Crippen LogP contribution < -0.4 is 21.1 Å². The van der Waals surface area contributed by atoms with Crippen molar-refractivity contribution >= 4 is 23.3 Å². The van der Waals surface area contributed by atoms with E-state index < -0.39 is 6.03 Å². The summed E-state index contributed by atoms with van der Waals surface area (Å²) in [5.41, 5.74) is 4.57. The molecule has 1 aliphatic heterocycles. The first-order valence-corrected chi connectivity index (χ1v) is 5.18. The van der Waals surface area contributed by atoms with Gasteiger partial charge in [-0.15, -0.1) is 0 Å². The smallest absolute Gasteiger partial charge is 0.315 e. The second-order valence-electron chi connectivity index (χ2n) is 3.95. The van der Waals surface area contributed by atoms with Crippen LogP contribution in [0.15, 0.2) is 18.2 Å². The van der Waals surface area contributed by atoms with Crippen molar-refractivity contribution in [1.29, 1.82) is 0 Å². The maximum atomic E-state index is 11.5. The summed E-state index contributed by atoms with van der Waals surface area (Å²) in [6.07, 6.45) is 0.373. The molecule has 1 aromatic rings. The molecule has 3 N–H and O–H groups in total. The van der Waals surface area contributed by atoms with E-state index in [4.69, 9.17) is 5.84 Å². The first-order valence-electron chi connectivity index (χ1n) is 5.18. The Balaban J connectivity index is 2.33. The van der Waals surface area contributed by atoms with Gasteiger partial charge in [0.1, 0.15) is 0 Å². The lowest BCUT2D eigenvalue weighted by Gasteiger charge is -2.17.